The van der Waals surface area contributed by atoms with E-state index in [-0.39, 0.29) is 11.5 Å². The van der Waals surface area contributed by atoms with E-state index in [0.29, 0.717) is 33.9 Å². The van der Waals surface area contributed by atoms with Gasteiger partial charge in [-0.2, -0.15) is 0 Å². The highest BCUT2D eigenvalue weighted by molar-refractivity contribution is 6.15. The molecule has 0 N–H and O–H groups in total. The van der Waals surface area contributed by atoms with Crippen LogP contribution in [0.15, 0.2) is 66.4 Å². The molecule has 1 aliphatic rings. The summed E-state index contributed by atoms with van der Waals surface area (Å²) in [7, 11) is 5.50. The van der Waals surface area contributed by atoms with E-state index >= 15 is 0 Å². The number of fused-ring (bicyclic) bond motifs is 1. The molecule has 1 heterocycles. The lowest BCUT2D eigenvalue weighted by molar-refractivity contribution is 0.0733. The zero-order chi connectivity index (χ0) is 22.8. The van der Waals surface area contributed by atoms with Gasteiger partial charge in [0.05, 0.1) is 18.2 Å². The average Bonchev–Trinajstić information content (AvgIpc) is 3.12. The Balaban J connectivity index is 1.56. The third kappa shape index (κ3) is 4.07. The number of carbonyl (C=O) groups excluding carboxylic acids is 2. The maximum Gasteiger partial charge on any atom is 0.343 e. The molecule has 0 aliphatic carbocycles. The van der Waals surface area contributed by atoms with Crippen LogP contribution in [0.4, 0.5) is 5.69 Å². The standard InChI is InChI=1S/C26H23NO5/c1-16-22(32-26(29)18-7-11-20(30-4)12-8-18)14-13-21-24(28)23(31-25(16)21)15-17-5-9-19(10-6-17)27(2)3/h5-15H,1-4H3/b23-15-. The van der Waals surface area contributed by atoms with Crippen molar-refractivity contribution >= 4 is 23.5 Å². The van der Waals surface area contributed by atoms with Gasteiger partial charge in [-0.05, 0) is 67.1 Å². The summed E-state index contributed by atoms with van der Waals surface area (Å²) in [6.45, 7) is 1.76. The van der Waals surface area contributed by atoms with Gasteiger partial charge in [0.25, 0.3) is 0 Å². The Morgan fingerprint density at radius 3 is 2.28 bits per heavy atom. The van der Waals surface area contributed by atoms with Gasteiger partial charge in [-0.25, -0.2) is 4.79 Å². The molecule has 0 amide bonds. The van der Waals surface area contributed by atoms with Gasteiger partial charge in [-0.1, -0.05) is 12.1 Å². The first kappa shape index (κ1) is 21.2. The number of rotatable bonds is 5. The third-order valence-corrected chi connectivity index (χ3v) is 5.27. The highest BCUT2D eigenvalue weighted by Gasteiger charge is 2.30. The van der Waals surface area contributed by atoms with Crippen molar-refractivity contribution in [2.75, 3.05) is 26.1 Å². The molecule has 0 fully saturated rings. The van der Waals surface area contributed by atoms with Crippen LogP contribution in [-0.2, 0) is 0 Å². The fraction of sp³-hybridized carbons (Fsp3) is 0.154. The molecule has 0 saturated carbocycles. The fourth-order valence-corrected chi connectivity index (χ4v) is 3.38. The largest absolute Gasteiger partial charge is 0.497 e. The second-order valence-electron chi connectivity index (χ2n) is 7.61. The molecule has 6 nitrogen and oxygen atoms in total. The Bertz CT molecular complexity index is 1210. The summed E-state index contributed by atoms with van der Waals surface area (Å²) in [5, 5.41) is 0. The number of esters is 1. The number of hydrogen-bond donors (Lipinski definition) is 0. The van der Waals surface area contributed by atoms with Crippen LogP contribution in [0.25, 0.3) is 6.08 Å². The summed E-state index contributed by atoms with van der Waals surface area (Å²) in [6, 6.07) is 17.7. The average molecular weight is 429 g/mol. The normalized spacial score (nSPS) is 13.5. The first-order valence-corrected chi connectivity index (χ1v) is 10.1. The Morgan fingerprint density at radius 1 is 0.969 bits per heavy atom. The maximum absolute atomic E-state index is 12.8. The second kappa shape index (κ2) is 8.59. The smallest absolute Gasteiger partial charge is 0.343 e. The lowest BCUT2D eigenvalue weighted by Crippen LogP contribution is -2.09. The van der Waals surface area contributed by atoms with E-state index in [0.717, 1.165) is 11.3 Å². The van der Waals surface area contributed by atoms with E-state index in [9.17, 15) is 9.59 Å². The molecule has 0 aromatic heterocycles. The summed E-state index contributed by atoms with van der Waals surface area (Å²) in [6.07, 6.45) is 1.71. The molecule has 0 unspecified atom stereocenters. The first-order chi connectivity index (χ1) is 15.4. The van der Waals surface area contributed by atoms with Gasteiger partial charge >= 0.3 is 5.97 Å². The number of carbonyl (C=O) groups is 2. The van der Waals surface area contributed by atoms with E-state index < -0.39 is 5.97 Å². The van der Waals surface area contributed by atoms with Gasteiger partial charge in [0.1, 0.15) is 17.2 Å². The van der Waals surface area contributed by atoms with Gasteiger partial charge in [0, 0.05) is 25.3 Å². The van der Waals surface area contributed by atoms with E-state index in [1.165, 1.54) is 0 Å². The lowest BCUT2D eigenvalue weighted by atomic mass is 10.1. The molecule has 3 aromatic rings. The minimum absolute atomic E-state index is 0.201. The zero-order valence-corrected chi connectivity index (χ0v) is 18.3. The molecule has 32 heavy (non-hydrogen) atoms. The van der Waals surface area contributed by atoms with Crippen LogP contribution in [0.1, 0.15) is 31.8 Å². The van der Waals surface area contributed by atoms with E-state index in [2.05, 4.69) is 0 Å². The molecular weight excluding hydrogens is 406 g/mol. The van der Waals surface area contributed by atoms with Crippen LogP contribution < -0.4 is 19.1 Å². The Labute approximate surface area is 186 Å². The van der Waals surface area contributed by atoms with Crippen molar-refractivity contribution < 1.29 is 23.8 Å². The number of hydrogen-bond acceptors (Lipinski definition) is 6. The van der Waals surface area contributed by atoms with Crippen molar-refractivity contribution in [1.82, 2.24) is 0 Å². The summed E-state index contributed by atoms with van der Waals surface area (Å²) in [5.41, 5.74) is 3.35. The number of methoxy groups -OCH3 is 1. The maximum atomic E-state index is 12.8. The summed E-state index contributed by atoms with van der Waals surface area (Å²) < 4.78 is 16.5. The minimum Gasteiger partial charge on any atom is -0.497 e. The van der Waals surface area contributed by atoms with Crippen LogP contribution in [0.2, 0.25) is 0 Å². The van der Waals surface area contributed by atoms with E-state index in [1.54, 1.807) is 56.5 Å². The molecular formula is C26H23NO5. The van der Waals surface area contributed by atoms with Crippen molar-refractivity contribution in [2.45, 2.75) is 6.92 Å². The molecule has 0 radical (unpaired) electrons. The van der Waals surface area contributed by atoms with Crippen molar-refractivity contribution in [2.24, 2.45) is 0 Å². The molecule has 0 spiro atoms. The summed E-state index contributed by atoms with van der Waals surface area (Å²) in [5.74, 6) is 0.932. The Kier molecular flexibility index (Phi) is 5.69. The number of nitrogens with zero attached hydrogens (tertiary/aromatic N) is 1. The predicted octanol–water partition coefficient (Wildman–Crippen LogP) is 4.91. The van der Waals surface area contributed by atoms with Gasteiger partial charge in [0.2, 0.25) is 5.78 Å². The van der Waals surface area contributed by atoms with E-state index in [1.807, 2.05) is 43.3 Å². The summed E-state index contributed by atoms with van der Waals surface area (Å²) >= 11 is 0. The number of Topliss-reactive ketones (excluding diaryl/α,β-unsaturated/α-hetero) is 1. The number of ether oxygens (including phenoxy) is 3. The quantitative estimate of drug-likeness (QED) is 0.326. The van der Waals surface area contributed by atoms with Crippen LogP contribution >= 0.6 is 0 Å². The van der Waals surface area contributed by atoms with Crippen LogP contribution in [0.5, 0.6) is 17.2 Å². The fourth-order valence-electron chi connectivity index (χ4n) is 3.38. The molecule has 6 heteroatoms. The molecule has 0 saturated heterocycles. The van der Waals surface area contributed by atoms with E-state index in [4.69, 9.17) is 14.2 Å². The predicted molar refractivity (Wildman–Crippen MR) is 123 cm³/mol. The van der Waals surface area contributed by atoms with Gasteiger partial charge in [-0.3, -0.25) is 4.79 Å². The van der Waals surface area contributed by atoms with Crippen molar-refractivity contribution in [3.63, 3.8) is 0 Å². The molecule has 1 aliphatic heterocycles. The number of ketones is 1. The van der Waals surface area contributed by atoms with Crippen LogP contribution in [-0.4, -0.2) is 33.0 Å². The van der Waals surface area contributed by atoms with Gasteiger partial charge < -0.3 is 19.1 Å². The minimum atomic E-state index is -0.503. The Morgan fingerprint density at radius 2 is 1.66 bits per heavy atom. The molecule has 3 aromatic carbocycles. The lowest BCUT2D eigenvalue weighted by Gasteiger charge is -2.12. The number of anilines is 1. The highest BCUT2D eigenvalue weighted by atomic mass is 16.5. The van der Waals surface area contributed by atoms with Crippen molar-refractivity contribution in [1.29, 1.82) is 0 Å². The molecule has 0 bridgehead atoms. The summed E-state index contributed by atoms with van der Waals surface area (Å²) in [4.78, 5) is 27.4. The van der Waals surface area contributed by atoms with Gasteiger partial charge in [-0.15, -0.1) is 0 Å². The second-order valence-corrected chi connectivity index (χ2v) is 7.61. The van der Waals surface area contributed by atoms with Crippen LogP contribution in [0, 0.1) is 6.92 Å². The number of benzene rings is 3. The van der Waals surface area contributed by atoms with Crippen molar-refractivity contribution in [3.05, 3.63) is 88.7 Å². The first-order valence-electron chi connectivity index (χ1n) is 10.1. The highest BCUT2D eigenvalue weighted by Crippen LogP contribution is 2.39. The topological polar surface area (TPSA) is 65.1 Å². The number of allylic oxidation sites excluding steroid dienone is 1. The molecule has 162 valence electrons. The Hall–Kier alpha value is -4.06. The van der Waals surface area contributed by atoms with Gasteiger partial charge in [0.15, 0.2) is 5.76 Å². The third-order valence-electron chi connectivity index (χ3n) is 5.27. The molecule has 0 atom stereocenters. The monoisotopic (exact) mass is 429 g/mol. The zero-order valence-electron chi connectivity index (χ0n) is 18.3. The molecule has 4 rings (SSSR count). The SMILES string of the molecule is COc1ccc(C(=O)Oc2ccc3c(c2C)O/C(=C\c2ccc(N(C)C)cc2)C3=O)cc1. The van der Waals surface area contributed by atoms with Crippen LogP contribution in [0.3, 0.4) is 0 Å². The van der Waals surface area contributed by atoms with Crippen molar-refractivity contribution in [3.8, 4) is 17.2 Å².